The second-order valence-electron chi connectivity index (χ2n) is 6.15. The molecule has 19 heavy (non-hydrogen) atoms. The number of carbonyl (C=O) groups is 1. The van der Waals surface area contributed by atoms with Gasteiger partial charge >= 0.3 is 5.97 Å². The minimum Gasteiger partial charge on any atom is -0.460 e. The molecular formula is C16H23NO2. The van der Waals surface area contributed by atoms with Crippen LogP contribution in [0.1, 0.15) is 45.1 Å². The lowest BCUT2D eigenvalue weighted by molar-refractivity contribution is -0.154. The molecule has 1 aliphatic carbocycles. The van der Waals surface area contributed by atoms with Crippen molar-refractivity contribution in [3.05, 3.63) is 35.9 Å². The number of benzene rings is 1. The van der Waals surface area contributed by atoms with Gasteiger partial charge in [0.05, 0.1) is 6.42 Å². The quantitative estimate of drug-likeness (QED) is 0.828. The summed E-state index contributed by atoms with van der Waals surface area (Å²) < 4.78 is 5.27. The summed E-state index contributed by atoms with van der Waals surface area (Å²) in [4.78, 5) is 11.5. The Balaban J connectivity index is 1.65. The summed E-state index contributed by atoms with van der Waals surface area (Å²) in [5, 5.41) is 3.42. The molecule has 1 aromatic rings. The van der Waals surface area contributed by atoms with Crippen molar-refractivity contribution < 1.29 is 9.53 Å². The van der Waals surface area contributed by atoms with Gasteiger partial charge in [-0.3, -0.25) is 4.79 Å². The van der Waals surface area contributed by atoms with Crippen LogP contribution in [0, 0.1) is 0 Å². The smallest absolute Gasteiger partial charge is 0.307 e. The number of ether oxygens (including phenoxy) is 1. The van der Waals surface area contributed by atoms with E-state index in [4.69, 9.17) is 4.74 Å². The molecule has 0 amide bonds. The highest BCUT2D eigenvalue weighted by Crippen LogP contribution is 2.40. The van der Waals surface area contributed by atoms with E-state index < -0.39 is 0 Å². The first-order chi connectivity index (χ1) is 8.96. The highest BCUT2D eigenvalue weighted by molar-refractivity contribution is 5.70. The van der Waals surface area contributed by atoms with E-state index >= 15 is 0 Å². The van der Waals surface area contributed by atoms with Crippen LogP contribution >= 0.6 is 0 Å². The Labute approximate surface area is 115 Å². The zero-order valence-electron chi connectivity index (χ0n) is 12.0. The van der Waals surface area contributed by atoms with Crippen molar-refractivity contribution >= 4 is 5.97 Å². The molecule has 0 aliphatic heterocycles. The zero-order chi connectivity index (χ0) is 13.9. The van der Waals surface area contributed by atoms with Gasteiger partial charge in [-0.05, 0) is 32.8 Å². The van der Waals surface area contributed by atoms with Crippen molar-refractivity contribution in [2.45, 2.75) is 51.2 Å². The minimum absolute atomic E-state index is 0.128. The summed E-state index contributed by atoms with van der Waals surface area (Å²) in [6, 6.07) is 11.0. The minimum atomic E-state index is -0.386. The van der Waals surface area contributed by atoms with E-state index in [0.29, 0.717) is 24.9 Å². The monoisotopic (exact) mass is 261 g/mol. The predicted octanol–water partition coefficient (Wildman–Crippen LogP) is 2.86. The van der Waals surface area contributed by atoms with Gasteiger partial charge in [-0.1, -0.05) is 30.3 Å². The van der Waals surface area contributed by atoms with Crippen LogP contribution in [-0.4, -0.2) is 24.2 Å². The normalized spacial score (nSPS) is 22.1. The van der Waals surface area contributed by atoms with Gasteiger partial charge in [-0.15, -0.1) is 0 Å². The van der Waals surface area contributed by atoms with Gasteiger partial charge in [-0.2, -0.15) is 0 Å². The average Bonchev–Trinajstić information content (AvgIpc) is 3.07. The van der Waals surface area contributed by atoms with E-state index in [1.54, 1.807) is 0 Å². The van der Waals surface area contributed by atoms with Gasteiger partial charge in [0.2, 0.25) is 0 Å². The Bertz CT molecular complexity index is 422. The first-order valence-corrected chi connectivity index (χ1v) is 6.96. The molecule has 1 N–H and O–H groups in total. The molecule has 3 heteroatoms. The van der Waals surface area contributed by atoms with Gasteiger partial charge in [-0.25, -0.2) is 0 Å². The van der Waals surface area contributed by atoms with Gasteiger partial charge in [0.1, 0.15) is 5.60 Å². The van der Waals surface area contributed by atoms with Crippen LogP contribution in [0.15, 0.2) is 30.3 Å². The lowest BCUT2D eigenvalue weighted by atomic mass is 10.1. The van der Waals surface area contributed by atoms with Crippen LogP contribution in [0.5, 0.6) is 0 Å². The molecule has 1 fully saturated rings. The number of hydrogen-bond donors (Lipinski definition) is 1. The Morgan fingerprint density at radius 2 is 2.00 bits per heavy atom. The van der Waals surface area contributed by atoms with E-state index in [1.807, 2.05) is 26.8 Å². The summed E-state index contributed by atoms with van der Waals surface area (Å²) in [6.45, 7) is 6.38. The molecular weight excluding hydrogens is 238 g/mol. The lowest BCUT2D eigenvalue weighted by Crippen LogP contribution is -2.27. The molecule has 0 aromatic heterocycles. The first-order valence-electron chi connectivity index (χ1n) is 6.96. The van der Waals surface area contributed by atoms with Crippen LogP contribution in [0.3, 0.4) is 0 Å². The van der Waals surface area contributed by atoms with E-state index in [2.05, 4.69) is 29.6 Å². The highest BCUT2D eigenvalue weighted by Gasteiger charge is 2.37. The molecule has 104 valence electrons. The molecule has 2 unspecified atom stereocenters. The van der Waals surface area contributed by atoms with Gasteiger partial charge in [0.25, 0.3) is 0 Å². The lowest BCUT2D eigenvalue weighted by Gasteiger charge is -2.19. The topological polar surface area (TPSA) is 38.3 Å². The first kappa shape index (κ1) is 14.1. The Morgan fingerprint density at radius 3 is 2.63 bits per heavy atom. The SMILES string of the molecule is CC(C)(C)OC(=O)CCNC1CC1c1ccccc1. The van der Waals surface area contributed by atoms with E-state index in [1.165, 1.54) is 12.0 Å². The third-order valence-corrected chi connectivity index (χ3v) is 3.17. The number of esters is 1. The molecule has 3 nitrogen and oxygen atoms in total. The number of carbonyl (C=O) groups excluding carboxylic acids is 1. The fourth-order valence-electron chi connectivity index (χ4n) is 2.24. The second kappa shape index (κ2) is 5.74. The van der Waals surface area contributed by atoms with Crippen LogP contribution in [0.2, 0.25) is 0 Å². The van der Waals surface area contributed by atoms with Gasteiger partial charge < -0.3 is 10.1 Å². The maximum Gasteiger partial charge on any atom is 0.307 e. The van der Waals surface area contributed by atoms with E-state index in [9.17, 15) is 4.79 Å². The van der Waals surface area contributed by atoms with Gasteiger partial charge in [0, 0.05) is 18.5 Å². The molecule has 0 spiro atoms. The van der Waals surface area contributed by atoms with E-state index in [0.717, 1.165) is 0 Å². The summed E-state index contributed by atoms with van der Waals surface area (Å²) in [7, 11) is 0. The zero-order valence-corrected chi connectivity index (χ0v) is 12.0. The van der Waals surface area contributed by atoms with Crippen LogP contribution in [0.4, 0.5) is 0 Å². The summed E-state index contributed by atoms with van der Waals surface area (Å²) in [5.41, 5.74) is 1.00. The Kier molecular flexibility index (Phi) is 4.25. The molecule has 0 heterocycles. The van der Waals surface area contributed by atoms with Gasteiger partial charge in [0.15, 0.2) is 0 Å². The van der Waals surface area contributed by atoms with Crippen LogP contribution in [0.25, 0.3) is 0 Å². The fourth-order valence-corrected chi connectivity index (χ4v) is 2.24. The summed E-state index contributed by atoms with van der Waals surface area (Å²) in [5.74, 6) is 0.483. The maximum absolute atomic E-state index is 11.5. The Hall–Kier alpha value is -1.35. The standard InChI is InChI=1S/C16H23NO2/c1-16(2,3)19-15(18)9-10-17-14-11-13(14)12-7-5-4-6-8-12/h4-8,13-14,17H,9-11H2,1-3H3. The number of nitrogens with one attached hydrogen (secondary N) is 1. The predicted molar refractivity (Wildman–Crippen MR) is 76.1 cm³/mol. The van der Waals surface area contributed by atoms with Crippen molar-refractivity contribution in [2.75, 3.05) is 6.54 Å². The number of hydrogen-bond acceptors (Lipinski definition) is 3. The van der Waals surface area contributed by atoms with Crippen molar-refractivity contribution in [3.8, 4) is 0 Å². The third-order valence-electron chi connectivity index (χ3n) is 3.17. The molecule has 0 radical (unpaired) electrons. The third kappa shape index (κ3) is 4.67. The summed E-state index contributed by atoms with van der Waals surface area (Å²) >= 11 is 0. The van der Waals surface area contributed by atoms with Crippen molar-refractivity contribution in [2.24, 2.45) is 0 Å². The molecule has 0 bridgehead atoms. The Morgan fingerprint density at radius 1 is 1.32 bits per heavy atom. The highest BCUT2D eigenvalue weighted by atomic mass is 16.6. The summed E-state index contributed by atoms with van der Waals surface area (Å²) in [6.07, 6.45) is 1.60. The molecule has 0 saturated heterocycles. The molecule has 1 aliphatic rings. The fraction of sp³-hybridized carbons (Fsp3) is 0.562. The van der Waals surface area contributed by atoms with Crippen LogP contribution < -0.4 is 5.32 Å². The molecule has 2 atom stereocenters. The van der Waals surface area contributed by atoms with Crippen LogP contribution in [-0.2, 0) is 9.53 Å². The molecule has 1 saturated carbocycles. The molecule has 1 aromatic carbocycles. The van der Waals surface area contributed by atoms with Crippen molar-refractivity contribution in [1.29, 1.82) is 0 Å². The van der Waals surface area contributed by atoms with Crippen molar-refractivity contribution in [1.82, 2.24) is 5.32 Å². The largest absolute Gasteiger partial charge is 0.460 e. The molecule has 2 rings (SSSR count). The van der Waals surface area contributed by atoms with E-state index in [-0.39, 0.29) is 11.6 Å². The second-order valence-corrected chi connectivity index (χ2v) is 6.15. The maximum atomic E-state index is 11.5. The number of rotatable bonds is 5. The average molecular weight is 261 g/mol. The van der Waals surface area contributed by atoms with Crippen molar-refractivity contribution in [3.63, 3.8) is 0 Å².